The van der Waals surface area contributed by atoms with Crippen molar-refractivity contribution in [2.45, 2.75) is 115 Å². The maximum absolute atomic E-state index is 12.0. The van der Waals surface area contributed by atoms with E-state index in [9.17, 15) is 9.59 Å². The van der Waals surface area contributed by atoms with Crippen LogP contribution in [0.4, 0.5) is 0 Å². The van der Waals surface area contributed by atoms with E-state index in [0.717, 1.165) is 17.8 Å². The maximum Gasteiger partial charge on any atom is 0.335 e. The molecule has 1 N–H and O–H groups in total. The molecule has 3 fully saturated rings. The summed E-state index contributed by atoms with van der Waals surface area (Å²) >= 11 is 0. The highest BCUT2D eigenvalue weighted by Crippen LogP contribution is 2.44. The average Bonchev–Trinajstić information content (AvgIpc) is 3.09. The Morgan fingerprint density at radius 3 is 2.02 bits per heavy atom. The van der Waals surface area contributed by atoms with Crippen LogP contribution in [0.25, 0.3) is 0 Å². The maximum atomic E-state index is 12.0. The minimum Gasteiger partial charge on any atom is -0.462 e. The monoisotopic (exact) mass is 638 g/mol. The third-order valence-corrected chi connectivity index (χ3v) is 10.7. The summed E-state index contributed by atoms with van der Waals surface area (Å²) < 4.78 is 22.9. The van der Waals surface area contributed by atoms with Gasteiger partial charge in [0, 0.05) is 17.9 Å². The number of rotatable bonds is 16. The van der Waals surface area contributed by atoms with Gasteiger partial charge in [-0.3, -0.25) is 0 Å². The van der Waals surface area contributed by atoms with Crippen molar-refractivity contribution in [1.29, 1.82) is 0 Å². The fourth-order valence-electron chi connectivity index (χ4n) is 7.75. The summed E-state index contributed by atoms with van der Waals surface area (Å²) in [5.74, 6) is 2.70. The van der Waals surface area contributed by atoms with Crippen molar-refractivity contribution in [3.8, 4) is 0 Å². The molecule has 1 aromatic carbocycles. The van der Waals surface area contributed by atoms with Crippen molar-refractivity contribution in [3.05, 3.63) is 59.7 Å². The van der Waals surface area contributed by atoms with Gasteiger partial charge in [-0.2, -0.15) is 0 Å². The average molecular weight is 639 g/mol. The van der Waals surface area contributed by atoms with Crippen LogP contribution in [0.15, 0.2) is 48.6 Å². The number of hydrogen-bond acceptors (Lipinski definition) is 7. The summed E-state index contributed by atoms with van der Waals surface area (Å²) in [4.78, 5) is 23.8. The van der Waals surface area contributed by atoms with Gasteiger partial charge in [0.1, 0.15) is 0 Å². The Balaban J connectivity index is 1.19. The van der Waals surface area contributed by atoms with Crippen molar-refractivity contribution in [3.63, 3.8) is 0 Å². The molecule has 1 saturated heterocycles. The van der Waals surface area contributed by atoms with Gasteiger partial charge in [-0.05, 0) is 99.0 Å². The molecule has 0 amide bonds. The highest BCUT2D eigenvalue weighted by atomic mass is 16.7. The van der Waals surface area contributed by atoms with Crippen molar-refractivity contribution < 1.29 is 33.6 Å². The van der Waals surface area contributed by atoms with Crippen LogP contribution in [-0.4, -0.2) is 56.4 Å². The number of benzene rings is 1. The molecule has 0 aromatic heterocycles. The number of hydrogen-bond donors (Lipinski definition) is 1. The van der Waals surface area contributed by atoms with E-state index in [2.05, 4.69) is 44.3 Å². The van der Waals surface area contributed by atoms with Crippen LogP contribution in [0.2, 0.25) is 0 Å². The predicted molar refractivity (Wildman–Crippen MR) is 180 cm³/mol. The number of carbonyl (C=O) groups is 2. The Morgan fingerprint density at radius 2 is 1.46 bits per heavy atom. The summed E-state index contributed by atoms with van der Waals surface area (Å²) in [7, 11) is 0. The largest absolute Gasteiger partial charge is 0.462 e. The molecule has 1 atom stereocenters. The van der Waals surface area contributed by atoms with E-state index in [4.69, 9.17) is 24.1 Å². The molecule has 2 aliphatic carbocycles. The number of esters is 2. The van der Waals surface area contributed by atoms with Gasteiger partial charge >= 0.3 is 11.9 Å². The molecule has 1 aliphatic heterocycles. The van der Waals surface area contributed by atoms with E-state index in [1.165, 1.54) is 75.3 Å². The van der Waals surface area contributed by atoms with Crippen LogP contribution >= 0.6 is 0 Å². The van der Waals surface area contributed by atoms with Crippen molar-refractivity contribution in [2.75, 3.05) is 33.0 Å². The van der Waals surface area contributed by atoms with Crippen molar-refractivity contribution >= 4 is 11.9 Å². The molecule has 0 spiro atoms. The normalized spacial score (nSPS) is 27.4. The predicted octanol–water partition coefficient (Wildman–Crippen LogP) is 8.02. The van der Waals surface area contributed by atoms with Crippen LogP contribution in [0.5, 0.6) is 0 Å². The van der Waals surface area contributed by atoms with Gasteiger partial charge in [-0.15, -0.1) is 0 Å². The molecule has 1 unspecified atom stereocenters. The number of aliphatic hydroxyl groups is 1. The van der Waals surface area contributed by atoms with Crippen LogP contribution in [-0.2, 0) is 28.5 Å². The lowest BCUT2D eigenvalue weighted by Gasteiger charge is -2.38. The topological polar surface area (TPSA) is 91.3 Å². The molecular formula is C39H58O7. The summed E-state index contributed by atoms with van der Waals surface area (Å²) in [6.07, 6.45) is 15.4. The zero-order valence-electron chi connectivity index (χ0n) is 28.4. The second-order valence-electron chi connectivity index (χ2n) is 14.2. The van der Waals surface area contributed by atoms with Gasteiger partial charge in [-0.1, -0.05) is 70.0 Å². The Bertz CT molecular complexity index is 1100. The zero-order valence-corrected chi connectivity index (χ0v) is 28.4. The summed E-state index contributed by atoms with van der Waals surface area (Å²) in [6.45, 7) is 12.2. The van der Waals surface area contributed by atoms with E-state index >= 15 is 0 Å². The van der Waals surface area contributed by atoms with Gasteiger partial charge in [0.05, 0.1) is 38.6 Å². The molecule has 7 heteroatoms. The minimum atomic E-state index is -0.603. The summed E-state index contributed by atoms with van der Waals surface area (Å²) in [5, 5.41) is 9.04. The molecule has 0 radical (unpaired) electrons. The van der Waals surface area contributed by atoms with Gasteiger partial charge < -0.3 is 24.1 Å². The fourth-order valence-corrected chi connectivity index (χ4v) is 7.75. The highest BCUT2D eigenvalue weighted by Gasteiger charge is 2.32. The first-order valence-electron chi connectivity index (χ1n) is 17.9. The van der Waals surface area contributed by atoms with E-state index in [1.807, 2.05) is 0 Å². The first-order chi connectivity index (χ1) is 22.3. The van der Waals surface area contributed by atoms with Gasteiger partial charge in [0.2, 0.25) is 0 Å². The second kappa shape index (κ2) is 18.8. The second-order valence-corrected chi connectivity index (χ2v) is 14.2. The standard InChI is InChI=1S/C39H58O7/c1-5-7-29-9-11-31(12-10-29)32-13-15-33(16-14-32)34-17-19-35(20-18-34)36-25-44-37(45-26-36)22-30(24-46-38(41)27(2)3)8-6-21-43-39(42)28(4)23-40/h17-20,29-33,36-37,40H,2,4-16,21-26H2,1,3H3. The molecule has 4 rings (SSSR count). The van der Waals surface area contributed by atoms with Gasteiger partial charge in [0.25, 0.3) is 0 Å². The molecule has 0 bridgehead atoms. The Kier molecular flexibility index (Phi) is 14.8. The molecular weight excluding hydrogens is 580 g/mol. The molecule has 256 valence electrons. The SMILES string of the molecule is C=C(C)C(=O)OCC(CCCOC(=O)C(=C)CO)CC1OCC(c2ccc(C3CCC(C4CCC(CCC)CC4)CC3)cc2)CO1. The van der Waals surface area contributed by atoms with Crippen molar-refractivity contribution in [1.82, 2.24) is 0 Å². The number of ether oxygens (including phenoxy) is 4. The molecule has 7 nitrogen and oxygen atoms in total. The Hall–Kier alpha value is -2.48. The van der Waals surface area contributed by atoms with E-state index < -0.39 is 24.8 Å². The van der Waals surface area contributed by atoms with Crippen LogP contribution in [0, 0.1) is 23.7 Å². The third kappa shape index (κ3) is 11.1. The third-order valence-electron chi connectivity index (χ3n) is 10.7. The fraction of sp³-hybridized carbons (Fsp3) is 0.692. The lowest BCUT2D eigenvalue weighted by atomic mass is 9.68. The minimum absolute atomic E-state index is 0.0255. The van der Waals surface area contributed by atoms with Crippen LogP contribution in [0.3, 0.4) is 0 Å². The van der Waals surface area contributed by atoms with Crippen molar-refractivity contribution in [2.24, 2.45) is 23.7 Å². The molecule has 2 saturated carbocycles. The van der Waals surface area contributed by atoms with Crippen LogP contribution in [0.1, 0.15) is 120 Å². The Morgan fingerprint density at radius 1 is 0.870 bits per heavy atom. The highest BCUT2D eigenvalue weighted by molar-refractivity contribution is 5.88. The molecule has 1 aromatic rings. The number of carbonyl (C=O) groups excluding carboxylic acids is 2. The first kappa shape index (κ1) is 36.4. The van der Waals surface area contributed by atoms with E-state index in [1.54, 1.807) is 6.92 Å². The summed E-state index contributed by atoms with van der Waals surface area (Å²) in [6, 6.07) is 9.19. The Labute approximate surface area is 277 Å². The molecule has 1 heterocycles. The van der Waals surface area contributed by atoms with Gasteiger partial charge in [-0.25, -0.2) is 9.59 Å². The molecule has 46 heavy (non-hydrogen) atoms. The first-order valence-corrected chi connectivity index (χ1v) is 17.9. The van der Waals surface area contributed by atoms with E-state index in [0.29, 0.717) is 44.0 Å². The summed E-state index contributed by atoms with van der Waals surface area (Å²) in [5.41, 5.74) is 3.10. The quantitative estimate of drug-likeness (QED) is 0.111. The molecule has 3 aliphatic rings. The van der Waals surface area contributed by atoms with Crippen LogP contribution < -0.4 is 0 Å². The van der Waals surface area contributed by atoms with E-state index in [-0.39, 0.29) is 30.6 Å². The smallest absolute Gasteiger partial charge is 0.335 e. The lowest BCUT2D eigenvalue weighted by molar-refractivity contribution is -0.197. The lowest BCUT2D eigenvalue weighted by Crippen LogP contribution is -2.33. The zero-order chi connectivity index (χ0) is 32.9. The van der Waals surface area contributed by atoms with Gasteiger partial charge in [0.15, 0.2) is 6.29 Å². The number of aliphatic hydroxyl groups excluding tert-OH is 1.